The average molecular weight is 203 g/mol. The van der Waals surface area contributed by atoms with Crippen molar-refractivity contribution in [1.82, 2.24) is 10.3 Å². The molecular formula is C11H13N3O. The smallest absolute Gasteiger partial charge is 0.140 e. The Balaban J connectivity index is 0.000000162. The van der Waals surface area contributed by atoms with Crippen molar-refractivity contribution in [2.24, 2.45) is 0 Å². The van der Waals surface area contributed by atoms with Crippen LogP contribution in [0.1, 0.15) is 12.1 Å². The fourth-order valence-electron chi connectivity index (χ4n) is 1.07. The van der Waals surface area contributed by atoms with Crippen molar-refractivity contribution in [2.75, 3.05) is 13.1 Å². The molecule has 0 amide bonds. The molecule has 4 heteroatoms. The molecule has 1 saturated heterocycles. The van der Waals surface area contributed by atoms with E-state index in [2.05, 4.69) is 16.9 Å². The zero-order valence-corrected chi connectivity index (χ0v) is 8.40. The SMILES string of the molecule is C=C1CCNC1.N#Cc1ccc(O)cn1. The molecule has 15 heavy (non-hydrogen) atoms. The van der Waals surface area contributed by atoms with E-state index in [1.54, 1.807) is 0 Å². The maximum Gasteiger partial charge on any atom is 0.140 e. The molecule has 2 N–H and O–H groups in total. The summed E-state index contributed by atoms with van der Waals surface area (Å²) in [5.41, 5.74) is 1.66. The third-order valence-electron chi connectivity index (χ3n) is 1.89. The van der Waals surface area contributed by atoms with E-state index < -0.39 is 0 Å². The second-order valence-corrected chi connectivity index (χ2v) is 3.19. The van der Waals surface area contributed by atoms with Crippen molar-refractivity contribution < 1.29 is 5.11 Å². The molecule has 0 aromatic carbocycles. The highest BCUT2D eigenvalue weighted by atomic mass is 16.3. The molecule has 0 unspecified atom stereocenters. The molecule has 1 aromatic rings. The van der Waals surface area contributed by atoms with Crippen LogP contribution in [0.15, 0.2) is 30.5 Å². The van der Waals surface area contributed by atoms with E-state index in [4.69, 9.17) is 10.4 Å². The molecular weight excluding hydrogens is 190 g/mol. The fraction of sp³-hybridized carbons (Fsp3) is 0.273. The van der Waals surface area contributed by atoms with E-state index >= 15 is 0 Å². The number of nitriles is 1. The van der Waals surface area contributed by atoms with Gasteiger partial charge in [0.2, 0.25) is 0 Å². The summed E-state index contributed by atoms with van der Waals surface area (Å²) >= 11 is 0. The summed E-state index contributed by atoms with van der Waals surface area (Å²) in [4.78, 5) is 3.59. The topological polar surface area (TPSA) is 68.9 Å². The number of aromatic nitrogens is 1. The van der Waals surface area contributed by atoms with Gasteiger partial charge in [-0.3, -0.25) is 0 Å². The first kappa shape index (κ1) is 11.2. The average Bonchev–Trinajstić information content (AvgIpc) is 2.71. The van der Waals surface area contributed by atoms with Gasteiger partial charge in [-0.25, -0.2) is 4.98 Å². The molecule has 0 radical (unpaired) electrons. The van der Waals surface area contributed by atoms with Gasteiger partial charge < -0.3 is 10.4 Å². The lowest BCUT2D eigenvalue weighted by atomic mass is 10.3. The number of nitrogens with one attached hydrogen (secondary N) is 1. The normalized spacial score (nSPS) is 13.9. The molecule has 4 nitrogen and oxygen atoms in total. The highest BCUT2D eigenvalue weighted by Crippen LogP contribution is 2.03. The lowest BCUT2D eigenvalue weighted by molar-refractivity contribution is 0.472. The van der Waals surface area contributed by atoms with Crippen LogP contribution < -0.4 is 5.32 Å². The zero-order valence-electron chi connectivity index (χ0n) is 8.40. The molecule has 2 heterocycles. The van der Waals surface area contributed by atoms with Gasteiger partial charge in [-0.2, -0.15) is 5.26 Å². The van der Waals surface area contributed by atoms with Gasteiger partial charge in [-0.05, 0) is 25.1 Å². The monoisotopic (exact) mass is 203 g/mol. The maximum atomic E-state index is 8.68. The quantitative estimate of drug-likeness (QED) is 0.621. The van der Waals surface area contributed by atoms with Gasteiger partial charge in [0.05, 0.1) is 6.20 Å². The molecule has 1 aromatic heterocycles. The highest BCUT2D eigenvalue weighted by Gasteiger charge is 1.99. The molecule has 1 aliphatic heterocycles. The van der Waals surface area contributed by atoms with Crippen LogP contribution in [0.4, 0.5) is 0 Å². The van der Waals surface area contributed by atoms with E-state index in [0.717, 1.165) is 13.1 Å². The van der Waals surface area contributed by atoms with Crippen molar-refractivity contribution in [3.05, 3.63) is 36.2 Å². The first-order valence-corrected chi connectivity index (χ1v) is 4.65. The molecule has 78 valence electrons. The highest BCUT2D eigenvalue weighted by molar-refractivity contribution is 5.25. The summed E-state index contributed by atoms with van der Waals surface area (Å²) in [6.07, 6.45) is 2.42. The Morgan fingerprint density at radius 3 is 2.67 bits per heavy atom. The Morgan fingerprint density at radius 2 is 2.33 bits per heavy atom. The van der Waals surface area contributed by atoms with Crippen LogP contribution in [0.3, 0.4) is 0 Å². The zero-order chi connectivity index (χ0) is 11.1. The Bertz CT molecular complexity index is 356. The second kappa shape index (κ2) is 5.78. The van der Waals surface area contributed by atoms with Crippen LogP contribution in [0.25, 0.3) is 0 Å². The van der Waals surface area contributed by atoms with Gasteiger partial charge >= 0.3 is 0 Å². The van der Waals surface area contributed by atoms with Crippen molar-refractivity contribution in [1.29, 1.82) is 5.26 Å². The molecule has 0 saturated carbocycles. The second-order valence-electron chi connectivity index (χ2n) is 3.19. The molecule has 0 spiro atoms. The Labute approximate surface area is 88.9 Å². The van der Waals surface area contributed by atoms with Crippen LogP contribution in [0.2, 0.25) is 0 Å². The predicted molar refractivity (Wildman–Crippen MR) is 57.2 cm³/mol. The molecule has 0 bridgehead atoms. The third kappa shape index (κ3) is 4.25. The Kier molecular flexibility index (Phi) is 4.32. The number of aromatic hydroxyl groups is 1. The van der Waals surface area contributed by atoms with Crippen LogP contribution >= 0.6 is 0 Å². The van der Waals surface area contributed by atoms with Crippen LogP contribution in [0.5, 0.6) is 5.75 Å². The lowest BCUT2D eigenvalue weighted by Crippen LogP contribution is -2.04. The minimum Gasteiger partial charge on any atom is -0.506 e. The van der Waals surface area contributed by atoms with Crippen molar-refractivity contribution in [2.45, 2.75) is 6.42 Å². The van der Waals surface area contributed by atoms with Gasteiger partial charge in [-0.15, -0.1) is 0 Å². The van der Waals surface area contributed by atoms with Gasteiger partial charge in [0.1, 0.15) is 17.5 Å². The van der Waals surface area contributed by atoms with Gasteiger partial charge in [0, 0.05) is 6.54 Å². The fourth-order valence-corrected chi connectivity index (χ4v) is 1.07. The predicted octanol–water partition coefficient (Wildman–Crippen LogP) is 1.19. The Morgan fingerprint density at radius 1 is 1.53 bits per heavy atom. The van der Waals surface area contributed by atoms with Crippen LogP contribution in [-0.2, 0) is 0 Å². The number of hydrogen-bond donors (Lipinski definition) is 2. The largest absolute Gasteiger partial charge is 0.506 e. The van der Waals surface area contributed by atoms with Crippen LogP contribution in [-0.4, -0.2) is 23.2 Å². The summed E-state index contributed by atoms with van der Waals surface area (Å²) in [6, 6.07) is 4.71. The third-order valence-corrected chi connectivity index (χ3v) is 1.89. The molecule has 1 fully saturated rings. The maximum absolute atomic E-state index is 8.68. The minimum atomic E-state index is 0.0778. The van der Waals surface area contributed by atoms with E-state index in [1.165, 1.54) is 30.3 Å². The van der Waals surface area contributed by atoms with Crippen LogP contribution in [0, 0.1) is 11.3 Å². The summed E-state index contributed by atoms with van der Waals surface area (Å²) in [6.45, 7) is 5.97. The number of hydrogen-bond acceptors (Lipinski definition) is 4. The van der Waals surface area contributed by atoms with Gasteiger partial charge in [0.25, 0.3) is 0 Å². The number of rotatable bonds is 0. The van der Waals surface area contributed by atoms with E-state index in [0.29, 0.717) is 5.69 Å². The van der Waals surface area contributed by atoms with E-state index in [1.807, 2.05) is 6.07 Å². The van der Waals surface area contributed by atoms with Gasteiger partial charge in [-0.1, -0.05) is 12.2 Å². The standard InChI is InChI=1S/C6H4N2O.C5H9N/c7-3-5-1-2-6(9)4-8-5;1-5-2-3-6-4-5/h1-2,4,9H;6H,1-4H2. The first-order valence-electron chi connectivity index (χ1n) is 4.65. The lowest BCUT2D eigenvalue weighted by Gasteiger charge is -1.86. The van der Waals surface area contributed by atoms with Gasteiger partial charge in [0.15, 0.2) is 0 Å². The number of pyridine rings is 1. The van der Waals surface area contributed by atoms with E-state index in [9.17, 15) is 0 Å². The molecule has 2 rings (SSSR count). The van der Waals surface area contributed by atoms with Crippen molar-refractivity contribution in [3.63, 3.8) is 0 Å². The summed E-state index contributed by atoms with van der Waals surface area (Å²) in [5.74, 6) is 0.0778. The molecule has 1 aliphatic rings. The first-order chi connectivity index (χ1) is 7.22. The van der Waals surface area contributed by atoms with Crippen molar-refractivity contribution in [3.8, 4) is 11.8 Å². The summed E-state index contributed by atoms with van der Waals surface area (Å²) < 4.78 is 0. The summed E-state index contributed by atoms with van der Waals surface area (Å²) in [5, 5.41) is 20.1. The van der Waals surface area contributed by atoms with Crippen molar-refractivity contribution >= 4 is 0 Å². The number of nitrogens with zero attached hydrogens (tertiary/aromatic N) is 2. The van der Waals surface area contributed by atoms with E-state index in [-0.39, 0.29) is 5.75 Å². The summed E-state index contributed by atoms with van der Waals surface area (Å²) in [7, 11) is 0. The molecule has 0 atom stereocenters. The molecule has 0 aliphatic carbocycles. The Hall–Kier alpha value is -1.86. The minimum absolute atomic E-state index is 0.0778.